The largest absolute Gasteiger partial charge is 0.493 e. The van der Waals surface area contributed by atoms with E-state index < -0.39 is 0 Å². The summed E-state index contributed by atoms with van der Waals surface area (Å²) in [6.45, 7) is 6.12. The molecule has 33 heavy (non-hydrogen) atoms. The maximum absolute atomic E-state index is 12.9. The highest BCUT2D eigenvalue weighted by molar-refractivity contribution is 5.93. The van der Waals surface area contributed by atoms with Crippen LogP contribution in [0.2, 0.25) is 0 Å². The molecule has 0 aliphatic carbocycles. The topological polar surface area (TPSA) is 89.7 Å². The maximum Gasteiger partial charge on any atom is 0.241 e. The third kappa shape index (κ3) is 5.51. The number of carbonyl (C=O) groups excluding carboxylic acids is 1. The van der Waals surface area contributed by atoms with E-state index in [1.54, 1.807) is 14.2 Å². The van der Waals surface area contributed by atoms with Gasteiger partial charge in [0.1, 0.15) is 0 Å². The van der Waals surface area contributed by atoms with Crippen molar-refractivity contribution in [1.82, 2.24) is 15.0 Å². The fourth-order valence-electron chi connectivity index (χ4n) is 4.31. The Hall–Kier alpha value is -3.39. The molecule has 1 aromatic heterocycles. The quantitative estimate of drug-likeness (QED) is 0.576. The first kappa shape index (κ1) is 22.8. The van der Waals surface area contributed by atoms with Crippen LogP contribution in [0.3, 0.4) is 0 Å². The zero-order valence-corrected chi connectivity index (χ0v) is 19.6. The van der Waals surface area contributed by atoms with Crippen LogP contribution in [0.1, 0.15) is 29.9 Å². The minimum atomic E-state index is -0.0761. The van der Waals surface area contributed by atoms with E-state index in [4.69, 9.17) is 14.0 Å². The Labute approximate surface area is 193 Å². The van der Waals surface area contributed by atoms with Crippen molar-refractivity contribution in [3.05, 3.63) is 53.4 Å². The molecule has 1 aliphatic rings. The van der Waals surface area contributed by atoms with Gasteiger partial charge in [-0.1, -0.05) is 11.2 Å². The number of anilines is 1. The van der Waals surface area contributed by atoms with Crippen LogP contribution in [0.4, 0.5) is 5.69 Å². The highest BCUT2D eigenvalue weighted by Crippen LogP contribution is 2.31. The van der Waals surface area contributed by atoms with Crippen LogP contribution >= 0.6 is 0 Å². The third-order valence-corrected chi connectivity index (χ3v) is 5.83. The standard InChI is InChI=1S/C25H30N4O4/c1-16-10-17(2)12-20(11-16)26-25(30)19-6-5-9-29(14-19)15-23-27-24(28-33-23)18-7-8-21(31-3)22(13-18)32-4/h7-8,10-13,19H,5-6,9,14-15H2,1-4H3,(H,26,30). The second-order valence-corrected chi connectivity index (χ2v) is 8.52. The van der Waals surface area contributed by atoms with Gasteiger partial charge >= 0.3 is 0 Å². The molecule has 0 spiro atoms. The first-order valence-electron chi connectivity index (χ1n) is 11.1. The van der Waals surface area contributed by atoms with Crippen LogP contribution in [-0.4, -0.2) is 48.3 Å². The average Bonchev–Trinajstić information content (AvgIpc) is 3.26. The Kier molecular flexibility index (Phi) is 6.93. The average molecular weight is 451 g/mol. The Morgan fingerprint density at radius 2 is 1.88 bits per heavy atom. The molecular formula is C25H30N4O4. The molecule has 8 nitrogen and oxygen atoms in total. The molecular weight excluding hydrogens is 420 g/mol. The number of nitrogens with one attached hydrogen (secondary N) is 1. The van der Waals surface area contributed by atoms with Gasteiger partial charge in [0.15, 0.2) is 11.5 Å². The van der Waals surface area contributed by atoms with Gasteiger partial charge in [-0.25, -0.2) is 0 Å². The van der Waals surface area contributed by atoms with E-state index in [0.29, 0.717) is 36.3 Å². The molecule has 1 saturated heterocycles. The second-order valence-electron chi connectivity index (χ2n) is 8.52. The zero-order chi connectivity index (χ0) is 23.4. The van der Waals surface area contributed by atoms with Crippen molar-refractivity contribution in [2.45, 2.75) is 33.2 Å². The van der Waals surface area contributed by atoms with E-state index >= 15 is 0 Å². The number of benzene rings is 2. The van der Waals surface area contributed by atoms with Gasteiger partial charge in [0.2, 0.25) is 17.6 Å². The van der Waals surface area contributed by atoms with Crippen LogP contribution in [0.15, 0.2) is 40.9 Å². The number of amides is 1. The summed E-state index contributed by atoms with van der Waals surface area (Å²) in [5.74, 6) is 2.25. The number of hydrogen-bond acceptors (Lipinski definition) is 7. The van der Waals surface area contributed by atoms with Gasteiger partial charge in [-0.3, -0.25) is 9.69 Å². The van der Waals surface area contributed by atoms with Gasteiger partial charge < -0.3 is 19.3 Å². The number of aromatic nitrogens is 2. The van der Waals surface area contributed by atoms with E-state index in [2.05, 4.69) is 26.4 Å². The third-order valence-electron chi connectivity index (χ3n) is 5.83. The van der Waals surface area contributed by atoms with Crippen LogP contribution < -0.4 is 14.8 Å². The first-order valence-corrected chi connectivity index (χ1v) is 11.1. The molecule has 2 aromatic carbocycles. The lowest BCUT2D eigenvalue weighted by Gasteiger charge is -2.30. The van der Waals surface area contributed by atoms with Crippen molar-refractivity contribution in [2.75, 3.05) is 32.6 Å². The highest BCUT2D eigenvalue weighted by Gasteiger charge is 2.27. The van der Waals surface area contributed by atoms with Crippen LogP contribution in [0, 0.1) is 19.8 Å². The number of hydrogen-bond donors (Lipinski definition) is 1. The molecule has 1 aliphatic heterocycles. The lowest BCUT2D eigenvalue weighted by Crippen LogP contribution is -2.40. The van der Waals surface area contributed by atoms with Crippen molar-refractivity contribution in [1.29, 1.82) is 0 Å². The summed E-state index contributed by atoms with van der Waals surface area (Å²) in [6.07, 6.45) is 1.81. The lowest BCUT2D eigenvalue weighted by molar-refractivity contribution is -0.121. The van der Waals surface area contributed by atoms with E-state index in [1.807, 2.05) is 44.2 Å². The molecule has 8 heteroatoms. The van der Waals surface area contributed by atoms with E-state index in [1.165, 1.54) is 0 Å². The van der Waals surface area contributed by atoms with Crippen molar-refractivity contribution in [3.63, 3.8) is 0 Å². The maximum atomic E-state index is 12.9. The molecule has 4 rings (SSSR count). The summed E-state index contributed by atoms with van der Waals surface area (Å²) in [7, 11) is 3.18. The number of nitrogens with zero attached hydrogens (tertiary/aromatic N) is 3. The Balaban J connectivity index is 1.39. The molecule has 2 heterocycles. The molecule has 174 valence electrons. The van der Waals surface area contributed by atoms with E-state index in [0.717, 1.165) is 41.8 Å². The highest BCUT2D eigenvalue weighted by atomic mass is 16.5. The van der Waals surface area contributed by atoms with Crippen molar-refractivity contribution in [3.8, 4) is 22.9 Å². The van der Waals surface area contributed by atoms with Crippen molar-refractivity contribution < 1.29 is 18.8 Å². The molecule has 0 radical (unpaired) electrons. The molecule has 0 bridgehead atoms. The molecule has 0 saturated carbocycles. The minimum absolute atomic E-state index is 0.0567. The normalized spacial score (nSPS) is 16.4. The van der Waals surface area contributed by atoms with Gasteiger partial charge in [0.05, 0.1) is 26.7 Å². The number of piperidine rings is 1. The zero-order valence-electron chi connectivity index (χ0n) is 19.6. The Bertz CT molecular complexity index is 1110. The predicted molar refractivity (Wildman–Crippen MR) is 125 cm³/mol. The summed E-state index contributed by atoms with van der Waals surface area (Å²) in [5, 5.41) is 7.21. The molecule has 3 aromatic rings. The number of carbonyl (C=O) groups is 1. The summed E-state index contributed by atoms with van der Waals surface area (Å²) >= 11 is 0. The first-order chi connectivity index (χ1) is 15.9. The molecule has 1 atom stereocenters. The van der Waals surface area contributed by atoms with Crippen LogP contribution in [0.5, 0.6) is 11.5 Å². The molecule has 1 unspecified atom stereocenters. The summed E-state index contributed by atoms with van der Waals surface area (Å²) in [6, 6.07) is 11.6. The Morgan fingerprint density at radius 3 is 2.61 bits per heavy atom. The molecule has 1 N–H and O–H groups in total. The van der Waals surface area contributed by atoms with Crippen molar-refractivity contribution >= 4 is 11.6 Å². The molecule has 1 amide bonds. The molecule has 1 fully saturated rings. The van der Waals surface area contributed by atoms with Crippen LogP contribution in [0.25, 0.3) is 11.4 Å². The second kappa shape index (κ2) is 10.0. The van der Waals surface area contributed by atoms with Crippen LogP contribution in [-0.2, 0) is 11.3 Å². The van der Waals surface area contributed by atoms with Gasteiger partial charge in [-0.2, -0.15) is 4.98 Å². The number of aryl methyl sites for hydroxylation is 2. The van der Waals surface area contributed by atoms with E-state index in [-0.39, 0.29) is 11.8 Å². The summed E-state index contributed by atoms with van der Waals surface area (Å²) in [4.78, 5) is 19.6. The monoisotopic (exact) mass is 450 g/mol. The Morgan fingerprint density at radius 1 is 1.12 bits per heavy atom. The fourth-order valence-corrected chi connectivity index (χ4v) is 4.31. The predicted octanol–water partition coefficient (Wildman–Crippen LogP) is 4.22. The number of methoxy groups -OCH3 is 2. The number of likely N-dealkylation sites (tertiary alicyclic amines) is 1. The summed E-state index contributed by atoms with van der Waals surface area (Å²) in [5.41, 5.74) is 3.91. The van der Waals surface area contributed by atoms with Gasteiger partial charge in [-0.15, -0.1) is 0 Å². The fraction of sp³-hybridized carbons (Fsp3) is 0.400. The lowest BCUT2D eigenvalue weighted by atomic mass is 9.97. The number of ether oxygens (including phenoxy) is 2. The summed E-state index contributed by atoms with van der Waals surface area (Å²) < 4.78 is 16.1. The smallest absolute Gasteiger partial charge is 0.241 e. The number of rotatable bonds is 7. The van der Waals surface area contributed by atoms with Gasteiger partial charge in [0.25, 0.3) is 0 Å². The minimum Gasteiger partial charge on any atom is -0.493 e. The van der Waals surface area contributed by atoms with Gasteiger partial charge in [-0.05, 0) is 74.7 Å². The van der Waals surface area contributed by atoms with Gasteiger partial charge in [0, 0.05) is 17.8 Å². The van der Waals surface area contributed by atoms with Crippen molar-refractivity contribution in [2.24, 2.45) is 5.92 Å². The SMILES string of the molecule is COc1ccc(-c2noc(CN3CCCC(C(=O)Nc4cc(C)cc(C)c4)C3)n2)cc1OC. The van der Waals surface area contributed by atoms with E-state index in [9.17, 15) is 4.79 Å².